The highest BCUT2D eigenvalue weighted by Crippen LogP contribution is 2.20. The highest BCUT2D eigenvalue weighted by atomic mass is 16.5. The van der Waals surface area contributed by atoms with Crippen molar-refractivity contribution in [1.82, 2.24) is 19.7 Å². The van der Waals surface area contributed by atoms with Crippen LogP contribution >= 0.6 is 0 Å². The molecule has 0 saturated carbocycles. The van der Waals surface area contributed by atoms with E-state index in [2.05, 4.69) is 10.2 Å². The predicted octanol–water partition coefficient (Wildman–Crippen LogP) is -0.345. The Morgan fingerprint density at radius 2 is 2.28 bits per heavy atom. The molecule has 7 heteroatoms. The maximum Gasteiger partial charge on any atom is 0.310 e. The van der Waals surface area contributed by atoms with E-state index >= 15 is 0 Å². The number of likely N-dealkylation sites (N-methyl/N-ethyl adjacent to an activating group) is 1. The first-order valence-electron chi connectivity index (χ1n) is 5.86. The van der Waals surface area contributed by atoms with Crippen LogP contribution in [0.25, 0.3) is 0 Å². The monoisotopic (exact) mass is 254 g/mol. The van der Waals surface area contributed by atoms with Crippen LogP contribution in [0.15, 0.2) is 0 Å². The van der Waals surface area contributed by atoms with Crippen molar-refractivity contribution in [2.24, 2.45) is 13.0 Å². The molecule has 0 aliphatic carbocycles. The molecule has 1 N–H and O–H groups in total. The highest BCUT2D eigenvalue weighted by molar-refractivity contribution is 5.71. The lowest BCUT2D eigenvalue weighted by molar-refractivity contribution is -0.143. The van der Waals surface area contributed by atoms with Crippen molar-refractivity contribution < 1.29 is 14.6 Å². The van der Waals surface area contributed by atoms with Crippen LogP contribution < -0.4 is 0 Å². The van der Waals surface area contributed by atoms with Crippen LogP contribution in [0.2, 0.25) is 0 Å². The van der Waals surface area contributed by atoms with Gasteiger partial charge in [0.05, 0.1) is 25.7 Å². The topological polar surface area (TPSA) is 80.5 Å². The van der Waals surface area contributed by atoms with Gasteiger partial charge in [-0.25, -0.2) is 0 Å². The number of carboxylic acids is 1. The third-order valence-corrected chi connectivity index (χ3v) is 3.51. The molecule has 0 aromatic carbocycles. The molecule has 7 nitrogen and oxygen atoms in total. The van der Waals surface area contributed by atoms with Crippen LogP contribution in [0.4, 0.5) is 0 Å². The Balaban J connectivity index is 2.05. The minimum Gasteiger partial charge on any atom is -0.481 e. The maximum absolute atomic E-state index is 11.1. The van der Waals surface area contributed by atoms with Gasteiger partial charge in [-0.15, -0.1) is 10.2 Å². The van der Waals surface area contributed by atoms with Gasteiger partial charge < -0.3 is 14.4 Å². The van der Waals surface area contributed by atoms with Crippen LogP contribution in [-0.2, 0) is 23.1 Å². The number of aromatic nitrogens is 3. The van der Waals surface area contributed by atoms with Gasteiger partial charge in [-0.1, -0.05) is 0 Å². The molecule has 0 radical (unpaired) electrons. The lowest BCUT2D eigenvalue weighted by Gasteiger charge is -2.25. The Hall–Kier alpha value is -1.47. The minimum absolute atomic E-state index is 0.112. The first-order chi connectivity index (χ1) is 8.50. The molecule has 1 aliphatic heterocycles. The fourth-order valence-electron chi connectivity index (χ4n) is 2.14. The van der Waals surface area contributed by atoms with Crippen LogP contribution in [0.1, 0.15) is 11.6 Å². The van der Waals surface area contributed by atoms with Gasteiger partial charge in [-0.3, -0.25) is 9.69 Å². The molecule has 0 bridgehead atoms. The summed E-state index contributed by atoms with van der Waals surface area (Å²) >= 11 is 0. The fraction of sp³-hybridized carbons (Fsp3) is 0.727. The second kappa shape index (κ2) is 5.03. The molecule has 0 spiro atoms. The van der Waals surface area contributed by atoms with Crippen LogP contribution in [0.3, 0.4) is 0 Å². The molecule has 2 atom stereocenters. The number of carboxylic acid groups (broad SMARTS) is 1. The molecule has 100 valence electrons. The van der Waals surface area contributed by atoms with E-state index in [-0.39, 0.29) is 12.6 Å². The molecule has 18 heavy (non-hydrogen) atoms. The standard InChI is InChI=1S/C11H18N4O3/c1-7-12-13-10(15(7)3)4-14(2)9-6-18-5-8(9)11(16)17/h8-9H,4-6H2,1-3H3,(H,16,17). The zero-order valence-corrected chi connectivity index (χ0v) is 10.8. The largest absolute Gasteiger partial charge is 0.481 e. The van der Waals surface area contributed by atoms with E-state index in [0.717, 1.165) is 11.6 Å². The molecular formula is C11H18N4O3. The second-order valence-electron chi connectivity index (χ2n) is 4.69. The predicted molar refractivity (Wildman–Crippen MR) is 62.9 cm³/mol. The average Bonchev–Trinajstić information content (AvgIpc) is 2.91. The maximum atomic E-state index is 11.1. The lowest BCUT2D eigenvalue weighted by atomic mass is 10.0. The van der Waals surface area contributed by atoms with E-state index in [9.17, 15) is 4.79 Å². The van der Waals surface area contributed by atoms with Gasteiger partial charge in [-0.2, -0.15) is 0 Å². The summed E-state index contributed by atoms with van der Waals surface area (Å²) in [5.41, 5.74) is 0. The van der Waals surface area contributed by atoms with E-state index in [4.69, 9.17) is 9.84 Å². The Kier molecular flexibility index (Phi) is 3.63. The van der Waals surface area contributed by atoms with Crippen LogP contribution in [-0.4, -0.2) is 57.0 Å². The van der Waals surface area contributed by atoms with E-state index in [0.29, 0.717) is 13.2 Å². The average molecular weight is 254 g/mol. The number of hydrogen-bond acceptors (Lipinski definition) is 5. The Morgan fingerprint density at radius 1 is 1.56 bits per heavy atom. The summed E-state index contributed by atoms with van der Waals surface area (Å²) < 4.78 is 7.16. The van der Waals surface area contributed by atoms with Crippen molar-refractivity contribution in [3.05, 3.63) is 11.6 Å². The van der Waals surface area contributed by atoms with E-state index in [1.807, 2.05) is 30.5 Å². The Morgan fingerprint density at radius 3 is 2.83 bits per heavy atom. The third kappa shape index (κ3) is 2.37. The first-order valence-corrected chi connectivity index (χ1v) is 5.86. The molecule has 2 rings (SSSR count). The molecular weight excluding hydrogens is 236 g/mol. The van der Waals surface area contributed by atoms with Gasteiger partial charge in [0.1, 0.15) is 11.6 Å². The van der Waals surface area contributed by atoms with Gasteiger partial charge >= 0.3 is 5.97 Å². The van der Waals surface area contributed by atoms with E-state index < -0.39 is 11.9 Å². The molecule has 1 aromatic rings. The number of aliphatic carboxylic acids is 1. The number of rotatable bonds is 4. The van der Waals surface area contributed by atoms with Crippen LogP contribution in [0.5, 0.6) is 0 Å². The molecule has 1 fully saturated rings. The molecule has 1 aromatic heterocycles. The zero-order valence-electron chi connectivity index (χ0n) is 10.8. The summed E-state index contributed by atoms with van der Waals surface area (Å²) in [5, 5.41) is 17.2. The van der Waals surface area contributed by atoms with Gasteiger partial charge in [0.15, 0.2) is 0 Å². The normalized spacial score (nSPS) is 23.8. The Bertz CT molecular complexity index is 445. The molecule has 0 amide bonds. The molecule has 1 saturated heterocycles. The SMILES string of the molecule is Cc1nnc(CN(C)C2COCC2C(=O)O)n1C. The quantitative estimate of drug-likeness (QED) is 0.791. The summed E-state index contributed by atoms with van der Waals surface area (Å²) in [5.74, 6) is 0.393. The van der Waals surface area contributed by atoms with Gasteiger partial charge in [-0.05, 0) is 14.0 Å². The van der Waals surface area contributed by atoms with Gasteiger partial charge in [0, 0.05) is 13.1 Å². The van der Waals surface area contributed by atoms with Crippen molar-refractivity contribution in [2.45, 2.75) is 19.5 Å². The highest BCUT2D eigenvalue weighted by Gasteiger charge is 2.36. The van der Waals surface area contributed by atoms with Gasteiger partial charge in [0.25, 0.3) is 0 Å². The van der Waals surface area contributed by atoms with Crippen molar-refractivity contribution in [2.75, 3.05) is 20.3 Å². The second-order valence-corrected chi connectivity index (χ2v) is 4.69. The third-order valence-electron chi connectivity index (χ3n) is 3.51. The number of ether oxygens (including phenoxy) is 1. The lowest BCUT2D eigenvalue weighted by Crippen LogP contribution is -2.40. The summed E-state index contributed by atoms with van der Waals surface area (Å²) in [6.45, 7) is 3.18. The number of aryl methyl sites for hydroxylation is 1. The zero-order chi connectivity index (χ0) is 13.3. The number of nitrogens with zero attached hydrogens (tertiary/aromatic N) is 4. The summed E-state index contributed by atoms with van der Waals surface area (Å²) in [4.78, 5) is 13.1. The fourth-order valence-corrected chi connectivity index (χ4v) is 2.14. The van der Waals surface area contributed by atoms with E-state index in [1.54, 1.807) is 0 Å². The molecule has 2 unspecified atom stereocenters. The van der Waals surface area contributed by atoms with E-state index in [1.165, 1.54) is 0 Å². The van der Waals surface area contributed by atoms with Crippen molar-refractivity contribution in [3.8, 4) is 0 Å². The minimum atomic E-state index is -0.807. The molecule has 1 aliphatic rings. The first kappa shape index (κ1) is 13.0. The summed E-state index contributed by atoms with van der Waals surface area (Å²) in [6, 6.07) is -0.112. The Labute approximate surface area is 105 Å². The number of hydrogen-bond donors (Lipinski definition) is 1. The van der Waals surface area contributed by atoms with Crippen LogP contribution in [0, 0.1) is 12.8 Å². The van der Waals surface area contributed by atoms with Crippen molar-refractivity contribution in [1.29, 1.82) is 0 Å². The molecule has 2 heterocycles. The smallest absolute Gasteiger partial charge is 0.310 e. The summed E-state index contributed by atoms with van der Waals surface area (Å²) in [6.07, 6.45) is 0. The van der Waals surface area contributed by atoms with Crippen molar-refractivity contribution >= 4 is 5.97 Å². The van der Waals surface area contributed by atoms with Gasteiger partial charge in [0.2, 0.25) is 0 Å². The van der Waals surface area contributed by atoms with Crippen molar-refractivity contribution in [3.63, 3.8) is 0 Å². The summed E-state index contributed by atoms with van der Waals surface area (Å²) in [7, 11) is 3.79. The number of carbonyl (C=O) groups is 1.